The quantitative estimate of drug-likeness (QED) is 0.0637. The van der Waals surface area contributed by atoms with E-state index in [0.717, 1.165) is 27.9 Å². The molecule has 6 aromatic carbocycles. The van der Waals surface area contributed by atoms with E-state index in [2.05, 4.69) is 20.2 Å². The topological polar surface area (TPSA) is 202 Å². The molecular formula is C51H42CrN6O8. The van der Waals surface area contributed by atoms with Gasteiger partial charge in [-0.25, -0.2) is 14.4 Å². The zero-order valence-electron chi connectivity index (χ0n) is 35.6. The van der Waals surface area contributed by atoms with Crippen molar-refractivity contribution in [2.24, 2.45) is 9.98 Å². The SMILES string of the molecule is CCOC(=O)c1nn(-c2ccccc2-c2ccccc2)c(O)c1C=Nc1ccccc1C(=O)O.CCc1nn(-c2ccccc2-c2ccccc2)c(O)c1C=Nc1ccccc1C(=O)O.[Cr]. The summed E-state index contributed by atoms with van der Waals surface area (Å²) in [4.78, 5) is 44.1. The Hall–Kier alpha value is -8.38. The average molecular weight is 919 g/mol. The normalized spacial score (nSPS) is 10.9. The Kier molecular flexibility index (Phi) is 15.6. The zero-order chi connectivity index (χ0) is 45.9. The molecule has 0 atom stereocenters. The van der Waals surface area contributed by atoms with Crippen molar-refractivity contribution in [3.05, 3.63) is 191 Å². The maximum absolute atomic E-state index is 12.6. The van der Waals surface area contributed by atoms with Crippen LogP contribution >= 0.6 is 0 Å². The minimum atomic E-state index is -1.14. The Morgan fingerprint density at radius 1 is 0.561 bits per heavy atom. The van der Waals surface area contributed by atoms with Gasteiger partial charge in [0.15, 0.2) is 5.69 Å². The van der Waals surface area contributed by atoms with E-state index in [1.54, 1.807) is 49.4 Å². The molecule has 0 fully saturated rings. The largest absolute Gasteiger partial charge is 0.493 e. The monoisotopic (exact) mass is 918 g/mol. The van der Waals surface area contributed by atoms with Gasteiger partial charge in [-0.2, -0.15) is 19.6 Å². The molecule has 8 aromatic rings. The van der Waals surface area contributed by atoms with Crippen LogP contribution in [0.2, 0.25) is 0 Å². The number of rotatable bonds is 13. The van der Waals surface area contributed by atoms with Gasteiger partial charge in [0.2, 0.25) is 11.8 Å². The second-order valence-electron chi connectivity index (χ2n) is 14.1. The van der Waals surface area contributed by atoms with Crippen LogP contribution in [-0.2, 0) is 28.5 Å². The summed E-state index contributed by atoms with van der Waals surface area (Å²) in [7, 11) is 0. The molecule has 0 aliphatic heterocycles. The number of ether oxygens (including phenoxy) is 1. The first kappa shape index (κ1) is 47.1. The van der Waals surface area contributed by atoms with Crippen LogP contribution in [0.4, 0.5) is 11.4 Å². The average Bonchev–Trinajstić information content (AvgIpc) is 3.85. The van der Waals surface area contributed by atoms with E-state index in [1.165, 1.54) is 40.0 Å². The second-order valence-corrected chi connectivity index (χ2v) is 14.1. The predicted molar refractivity (Wildman–Crippen MR) is 248 cm³/mol. The molecule has 15 heteroatoms. The third kappa shape index (κ3) is 10.4. The number of aromatic hydroxyl groups is 2. The Balaban J connectivity index is 0.000000216. The number of aromatic nitrogens is 4. The molecule has 0 spiro atoms. The van der Waals surface area contributed by atoms with Crippen LogP contribution in [0.1, 0.15) is 61.9 Å². The van der Waals surface area contributed by atoms with Crippen LogP contribution in [0.5, 0.6) is 11.8 Å². The number of hydrogen-bond acceptors (Lipinski definition) is 10. The second kappa shape index (κ2) is 21.8. The smallest absolute Gasteiger partial charge is 0.359 e. The number of aromatic carboxylic acids is 2. The van der Waals surface area contributed by atoms with Crippen molar-refractivity contribution in [1.29, 1.82) is 0 Å². The Morgan fingerprint density at radius 3 is 1.44 bits per heavy atom. The van der Waals surface area contributed by atoms with Gasteiger partial charge in [0.1, 0.15) is 0 Å². The molecule has 8 rings (SSSR count). The van der Waals surface area contributed by atoms with Crippen molar-refractivity contribution < 1.29 is 56.9 Å². The van der Waals surface area contributed by atoms with Crippen molar-refractivity contribution in [1.82, 2.24) is 19.6 Å². The number of nitrogens with zero attached hydrogens (tertiary/aromatic N) is 6. The van der Waals surface area contributed by atoms with Gasteiger partial charge in [-0.3, -0.25) is 9.98 Å². The van der Waals surface area contributed by atoms with E-state index < -0.39 is 17.9 Å². The summed E-state index contributed by atoms with van der Waals surface area (Å²) in [5.41, 5.74) is 6.48. The molecule has 0 saturated heterocycles. The predicted octanol–water partition coefficient (Wildman–Crippen LogP) is 10.1. The molecule has 330 valence electrons. The molecule has 66 heavy (non-hydrogen) atoms. The first-order valence-corrected chi connectivity index (χ1v) is 20.4. The van der Waals surface area contributed by atoms with Gasteiger partial charge in [0, 0.05) is 40.9 Å². The van der Waals surface area contributed by atoms with Crippen molar-refractivity contribution >= 4 is 41.7 Å². The Labute approximate surface area is 390 Å². The van der Waals surface area contributed by atoms with Gasteiger partial charge in [-0.1, -0.05) is 128 Å². The van der Waals surface area contributed by atoms with Crippen LogP contribution in [0.15, 0.2) is 168 Å². The summed E-state index contributed by atoms with van der Waals surface area (Å²) in [6, 6.07) is 47.1. The van der Waals surface area contributed by atoms with Gasteiger partial charge in [-0.05, 0) is 60.9 Å². The Morgan fingerprint density at radius 2 is 0.970 bits per heavy atom. The minimum absolute atomic E-state index is 0. The third-order valence-corrected chi connectivity index (χ3v) is 10.0. The fourth-order valence-electron chi connectivity index (χ4n) is 6.93. The summed E-state index contributed by atoms with van der Waals surface area (Å²) in [5.74, 6) is -3.31. The summed E-state index contributed by atoms with van der Waals surface area (Å²) >= 11 is 0. The molecule has 4 N–H and O–H groups in total. The van der Waals surface area contributed by atoms with Gasteiger partial charge in [0.05, 0.1) is 57.3 Å². The fourth-order valence-corrected chi connectivity index (χ4v) is 6.93. The fraction of sp³-hybridized carbons (Fsp3) is 0.0784. The van der Waals surface area contributed by atoms with E-state index in [-0.39, 0.29) is 63.8 Å². The minimum Gasteiger partial charge on any atom is -0.493 e. The van der Waals surface area contributed by atoms with Gasteiger partial charge in [-0.15, -0.1) is 0 Å². The number of esters is 1. The standard InChI is InChI=1S/C26H21N3O5.C25H21N3O3.Cr/c1-2-34-26(33)23-20(16-27-21-14-8-6-13-19(21)25(31)32)24(30)29(28-23)22-15-9-7-12-18(22)17-10-4-3-5-11-17;1-2-21-20(16-26-22-14-8-6-13-19(22)25(30)31)24(29)28(27-21)23-15-9-7-12-18(23)17-10-4-3-5-11-17;/h3-16,30H,2H2,1H3,(H,31,32);3-16,29H,2H2,1H3,(H,30,31);. The molecule has 0 amide bonds. The molecule has 2 aromatic heterocycles. The van der Waals surface area contributed by atoms with Crippen LogP contribution < -0.4 is 0 Å². The maximum atomic E-state index is 12.6. The van der Waals surface area contributed by atoms with Crippen LogP contribution in [-0.4, -0.2) is 76.9 Å². The van der Waals surface area contributed by atoms with Crippen LogP contribution in [0.3, 0.4) is 0 Å². The van der Waals surface area contributed by atoms with Crippen LogP contribution in [0.25, 0.3) is 33.6 Å². The van der Waals surface area contributed by atoms with Crippen molar-refractivity contribution in [3.8, 4) is 45.4 Å². The summed E-state index contributed by atoms with van der Waals surface area (Å²) in [5, 5.41) is 49.8. The third-order valence-electron chi connectivity index (χ3n) is 10.0. The summed E-state index contributed by atoms with van der Waals surface area (Å²) in [6.45, 7) is 3.72. The number of hydrogen-bond donors (Lipinski definition) is 4. The van der Waals surface area contributed by atoms with Gasteiger partial charge in [0.25, 0.3) is 0 Å². The zero-order valence-corrected chi connectivity index (χ0v) is 36.9. The van der Waals surface area contributed by atoms with E-state index >= 15 is 0 Å². The molecular weight excluding hydrogens is 877 g/mol. The number of benzene rings is 6. The van der Waals surface area contributed by atoms with Gasteiger partial charge < -0.3 is 25.2 Å². The molecule has 0 bridgehead atoms. The first-order valence-electron chi connectivity index (χ1n) is 20.4. The number of carbonyl (C=O) groups excluding carboxylic acids is 1. The van der Waals surface area contributed by atoms with E-state index in [0.29, 0.717) is 29.1 Å². The molecule has 2 heterocycles. The maximum Gasteiger partial charge on any atom is 0.359 e. The van der Waals surface area contributed by atoms with Crippen molar-refractivity contribution in [3.63, 3.8) is 0 Å². The van der Waals surface area contributed by atoms with E-state index in [9.17, 15) is 34.8 Å². The number of aliphatic imine (C=N–C) groups is 2. The van der Waals surface area contributed by atoms with Crippen LogP contribution in [0, 0.1) is 0 Å². The van der Waals surface area contributed by atoms with Crippen molar-refractivity contribution in [2.75, 3.05) is 6.61 Å². The molecule has 0 aliphatic rings. The summed E-state index contributed by atoms with van der Waals surface area (Å²) in [6.07, 6.45) is 3.28. The molecule has 0 radical (unpaired) electrons. The van der Waals surface area contributed by atoms with E-state index in [4.69, 9.17) is 4.74 Å². The number of para-hydroxylation sites is 4. The molecule has 0 aliphatic carbocycles. The van der Waals surface area contributed by atoms with Gasteiger partial charge >= 0.3 is 17.9 Å². The van der Waals surface area contributed by atoms with E-state index in [1.807, 2.05) is 104 Å². The number of carbonyl (C=O) groups is 3. The number of carboxylic acid groups (broad SMARTS) is 2. The number of aryl methyl sites for hydroxylation is 1. The summed E-state index contributed by atoms with van der Waals surface area (Å²) < 4.78 is 7.87. The molecule has 0 unspecified atom stereocenters. The van der Waals surface area contributed by atoms with Crippen molar-refractivity contribution in [2.45, 2.75) is 20.3 Å². The molecule has 0 saturated carbocycles. The number of carboxylic acids is 2. The first-order chi connectivity index (χ1) is 31.6. The Bertz CT molecular complexity index is 3060. The molecule has 14 nitrogen and oxygen atoms in total.